The van der Waals surface area contributed by atoms with E-state index in [1.54, 1.807) is 17.8 Å². The van der Waals surface area contributed by atoms with E-state index in [2.05, 4.69) is 0 Å². The third-order valence-corrected chi connectivity index (χ3v) is 3.21. The molecule has 0 spiro atoms. The Balaban J connectivity index is 2.23. The Kier molecular flexibility index (Phi) is 3.27. The molecule has 0 atom stereocenters. The van der Waals surface area contributed by atoms with E-state index in [-0.39, 0.29) is 0 Å². The van der Waals surface area contributed by atoms with Gasteiger partial charge in [-0.1, -0.05) is 23.4 Å². The fraction of sp³-hybridized carbons (Fsp3) is 0. The maximum absolute atomic E-state index is 5.93. The average molecular weight is 251 g/mol. The van der Waals surface area contributed by atoms with Crippen LogP contribution in [0.3, 0.4) is 0 Å². The Labute approximate surface area is 104 Å². The van der Waals surface area contributed by atoms with Crippen LogP contribution in [0.15, 0.2) is 52.3 Å². The molecule has 2 nitrogen and oxygen atoms in total. The maximum atomic E-state index is 5.93. The van der Waals surface area contributed by atoms with Gasteiger partial charge in [0.05, 0.1) is 0 Å². The molecule has 0 aliphatic rings. The molecule has 0 heterocycles. The van der Waals surface area contributed by atoms with Crippen molar-refractivity contribution in [1.82, 2.24) is 0 Å². The lowest BCUT2D eigenvalue weighted by Crippen LogP contribution is -1.85. The van der Waals surface area contributed by atoms with Crippen molar-refractivity contribution in [3.63, 3.8) is 0 Å². The van der Waals surface area contributed by atoms with Crippen LogP contribution in [-0.2, 0) is 0 Å². The largest absolute Gasteiger partial charge is 0.399 e. The van der Waals surface area contributed by atoms with Gasteiger partial charge in [0.1, 0.15) is 0 Å². The Morgan fingerprint density at radius 2 is 1.50 bits per heavy atom. The van der Waals surface area contributed by atoms with Crippen molar-refractivity contribution in [2.24, 2.45) is 0 Å². The summed E-state index contributed by atoms with van der Waals surface area (Å²) in [5, 5.41) is 0.651. The zero-order valence-corrected chi connectivity index (χ0v) is 10.1. The van der Waals surface area contributed by atoms with Crippen molar-refractivity contribution < 1.29 is 0 Å². The van der Waals surface area contributed by atoms with Gasteiger partial charge in [0.15, 0.2) is 0 Å². The minimum atomic E-state index is 0.651. The summed E-state index contributed by atoms with van der Waals surface area (Å²) in [7, 11) is 0. The van der Waals surface area contributed by atoms with Crippen molar-refractivity contribution in [2.45, 2.75) is 9.79 Å². The molecule has 0 aromatic heterocycles. The van der Waals surface area contributed by atoms with E-state index >= 15 is 0 Å². The van der Waals surface area contributed by atoms with E-state index in [0.29, 0.717) is 10.7 Å². The van der Waals surface area contributed by atoms with Gasteiger partial charge in [-0.15, -0.1) is 0 Å². The zero-order chi connectivity index (χ0) is 11.5. The number of rotatable bonds is 2. The lowest BCUT2D eigenvalue weighted by molar-refractivity contribution is 1.41. The van der Waals surface area contributed by atoms with Gasteiger partial charge in [-0.05, 0) is 42.5 Å². The van der Waals surface area contributed by atoms with E-state index in [9.17, 15) is 0 Å². The molecule has 16 heavy (non-hydrogen) atoms. The summed E-state index contributed by atoms with van der Waals surface area (Å²) in [5.41, 5.74) is 12.8. The molecule has 0 amide bonds. The smallest absolute Gasteiger partial charge is 0.0437 e. The molecule has 0 aliphatic heterocycles. The topological polar surface area (TPSA) is 52.0 Å². The van der Waals surface area contributed by atoms with E-state index in [4.69, 9.17) is 23.1 Å². The normalized spacial score (nSPS) is 10.3. The highest BCUT2D eigenvalue weighted by atomic mass is 35.5. The van der Waals surface area contributed by atoms with Crippen LogP contribution in [0, 0.1) is 0 Å². The molecule has 2 rings (SSSR count). The Morgan fingerprint density at radius 1 is 0.812 bits per heavy atom. The van der Waals surface area contributed by atoms with Crippen LogP contribution in [-0.4, -0.2) is 0 Å². The number of nitrogens with two attached hydrogens (primary N) is 2. The van der Waals surface area contributed by atoms with Crippen molar-refractivity contribution in [3.8, 4) is 0 Å². The van der Waals surface area contributed by atoms with Crippen LogP contribution in [0.2, 0.25) is 5.02 Å². The van der Waals surface area contributed by atoms with Gasteiger partial charge in [-0.2, -0.15) is 0 Å². The standard InChI is InChI=1S/C12H11ClN2S/c13-8-5-10(15)7-12(6-8)16-11-3-1-9(14)2-4-11/h1-7H,14-15H2. The predicted molar refractivity (Wildman–Crippen MR) is 70.8 cm³/mol. The molecule has 2 aromatic carbocycles. The van der Waals surface area contributed by atoms with Gasteiger partial charge in [-0.3, -0.25) is 0 Å². The van der Waals surface area contributed by atoms with Crippen LogP contribution in [0.25, 0.3) is 0 Å². The lowest BCUT2D eigenvalue weighted by Gasteiger charge is -2.04. The second-order valence-electron chi connectivity index (χ2n) is 3.39. The molecule has 0 bridgehead atoms. The third-order valence-electron chi connectivity index (χ3n) is 2.01. The Bertz CT molecular complexity index is 477. The zero-order valence-electron chi connectivity index (χ0n) is 8.48. The van der Waals surface area contributed by atoms with Crippen LogP contribution in [0.5, 0.6) is 0 Å². The summed E-state index contributed by atoms with van der Waals surface area (Å²) in [4.78, 5) is 2.13. The number of anilines is 2. The molecular formula is C12H11ClN2S. The molecule has 4 N–H and O–H groups in total. The van der Waals surface area contributed by atoms with Crippen LogP contribution < -0.4 is 11.5 Å². The van der Waals surface area contributed by atoms with E-state index in [0.717, 1.165) is 15.5 Å². The minimum absolute atomic E-state index is 0.651. The quantitative estimate of drug-likeness (QED) is 0.800. The maximum Gasteiger partial charge on any atom is 0.0437 e. The molecule has 4 heteroatoms. The number of benzene rings is 2. The summed E-state index contributed by atoms with van der Waals surface area (Å²) in [6.45, 7) is 0. The minimum Gasteiger partial charge on any atom is -0.399 e. The van der Waals surface area contributed by atoms with Gasteiger partial charge in [0.2, 0.25) is 0 Å². The first-order valence-corrected chi connectivity index (χ1v) is 5.92. The molecular weight excluding hydrogens is 240 g/mol. The fourth-order valence-electron chi connectivity index (χ4n) is 1.32. The van der Waals surface area contributed by atoms with E-state index in [1.165, 1.54) is 0 Å². The second kappa shape index (κ2) is 4.68. The highest BCUT2D eigenvalue weighted by Crippen LogP contribution is 2.31. The van der Waals surface area contributed by atoms with Gasteiger partial charge < -0.3 is 11.5 Å². The van der Waals surface area contributed by atoms with Gasteiger partial charge >= 0.3 is 0 Å². The van der Waals surface area contributed by atoms with Crippen molar-refractivity contribution >= 4 is 34.7 Å². The first-order valence-electron chi connectivity index (χ1n) is 4.73. The molecule has 0 unspecified atom stereocenters. The molecule has 0 fully saturated rings. The molecule has 82 valence electrons. The predicted octanol–water partition coefficient (Wildman–Crippen LogP) is 3.66. The number of halogens is 1. The first kappa shape index (κ1) is 11.2. The Hall–Kier alpha value is -1.32. The average Bonchev–Trinajstić information content (AvgIpc) is 2.20. The van der Waals surface area contributed by atoms with Crippen LogP contribution >= 0.6 is 23.4 Å². The number of hydrogen-bond acceptors (Lipinski definition) is 3. The van der Waals surface area contributed by atoms with Crippen molar-refractivity contribution in [3.05, 3.63) is 47.5 Å². The summed E-state index contributed by atoms with van der Waals surface area (Å²) in [5.74, 6) is 0. The summed E-state index contributed by atoms with van der Waals surface area (Å²) in [6.07, 6.45) is 0. The third kappa shape index (κ3) is 2.84. The molecule has 2 aromatic rings. The Morgan fingerprint density at radius 3 is 2.12 bits per heavy atom. The summed E-state index contributed by atoms with van der Waals surface area (Å²) >= 11 is 7.53. The lowest BCUT2D eigenvalue weighted by atomic mass is 10.3. The van der Waals surface area contributed by atoms with Crippen molar-refractivity contribution in [1.29, 1.82) is 0 Å². The van der Waals surface area contributed by atoms with Crippen LogP contribution in [0.1, 0.15) is 0 Å². The first-order chi connectivity index (χ1) is 7.63. The van der Waals surface area contributed by atoms with Gasteiger partial charge in [0.25, 0.3) is 0 Å². The highest BCUT2D eigenvalue weighted by Gasteiger charge is 2.00. The molecule has 0 aliphatic carbocycles. The number of nitrogen functional groups attached to an aromatic ring is 2. The van der Waals surface area contributed by atoms with Crippen LogP contribution in [0.4, 0.5) is 11.4 Å². The monoisotopic (exact) mass is 250 g/mol. The van der Waals surface area contributed by atoms with Gasteiger partial charge in [0, 0.05) is 26.2 Å². The second-order valence-corrected chi connectivity index (χ2v) is 4.97. The van der Waals surface area contributed by atoms with E-state index < -0.39 is 0 Å². The summed E-state index contributed by atoms with van der Waals surface area (Å²) < 4.78 is 0. The van der Waals surface area contributed by atoms with Gasteiger partial charge in [-0.25, -0.2) is 0 Å². The molecule has 0 radical (unpaired) electrons. The van der Waals surface area contributed by atoms with E-state index in [1.807, 2.05) is 36.4 Å². The fourth-order valence-corrected chi connectivity index (χ4v) is 2.55. The highest BCUT2D eigenvalue weighted by molar-refractivity contribution is 7.99. The molecule has 0 saturated carbocycles. The summed E-state index contributed by atoms with van der Waals surface area (Å²) in [6, 6.07) is 13.2. The van der Waals surface area contributed by atoms with Crippen molar-refractivity contribution in [2.75, 3.05) is 11.5 Å². The SMILES string of the molecule is Nc1ccc(Sc2cc(N)cc(Cl)c2)cc1. The molecule has 0 saturated heterocycles. The number of hydrogen-bond donors (Lipinski definition) is 2.